The smallest absolute Gasteiger partial charge is 0.353 e. The zero-order chi connectivity index (χ0) is 31.3. The maximum atomic E-state index is 14.3. The number of aromatic nitrogens is 3. The van der Waals surface area contributed by atoms with Gasteiger partial charge in [-0.1, -0.05) is 17.7 Å². The van der Waals surface area contributed by atoms with Crippen LogP contribution in [0.2, 0.25) is 5.02 Å². The maximum Gasteiger partial charge on any atom is 0.360 e. The number of piperazine rings is 1. The van der Waals surface area contributed by atoms with Gasteiger partial charge in [0, 0.05) is 48.5 Å². The summed E-state index contributed by atoms with van der Waals surface area (Å²) in [5, 5.41) is 1.00. The van der Waals surface area contributed by atoms with Crippen molar-refractivity contribution in [2.45, 2.75) is 52.6 Å². The molecule has 1 amide bonds. The maximum absolute atomic E-state index is 14.3. The number of carbonyl (C=O) groups is 1. The van der Waals surface area contributed by atoms with Crippen molar-refractivity contribution < 1.29 is 23.2 Å². The summed E-state index contributed by atoms with van der Waals surface area (Å²) < 4.78 is 33.7. The summed E-state index contributed by atoms with van der Waals surface area (Å²) in [5.41, 5.74) is 1.52. The van der Waals surface area contributed by atoms with Gasteiger partial charge in [0.05, 0.1) is 22.5 Å². The summed E-state index contributed by atoms with van der Waals surface area (Å²) in [4.78, 5) is 37.2. The van der Waals surface area contributed by atoms with Gasteiger partial charge in [0.1, 0.15) is 23.0 Å². The van der Waals surface area contributed by atoms with Gasteiger partial charge in [-0.3, -0.25) is 9.36 Å². The van der Waals surface area contributed by atoms with Crippen LogP contribution in [-0.2, 0) is 14.6 Å². The van der Waals surface area contributed by atoms with E-state index in [2.05, 4.69) is 9.88 Å². The van der Waals surface area contributed by atoms with Gasteiger partial charge in [-0.05, 0) is 83.5 Å². The number of hydrogen-bond acceptors (Lipinski definition) is 6. The van der Waals surface area contributed by atoms with Gasteiger partial charge in [-0.25, -0.2) is 14.4 Å². The van der Waals surface area contributed by atoms with Crippen molar-refractivity contribution in [2.75, 3.05) is 31.1 Å². The number of rotatable bonds is 6. The summed E-state index contributed by atoms with van der Waals surface area (Å²) >= 11 is 5.93. The highest BCUT2D eigenvalue weighted by Gasteiger charge is 2.38. The molecule has 1 aromatic carbocycles. The Morgan fingerprint density at radius 1 is 1.16 bits per heavy atom. The summed E-state index contributed by atoms with van der Waals surface area (Å²) in [6, 6.07) is 11.6. The third kappa shape index (κ3) is 6.07. The van der Waals surface area contributed by atoms with E-state index in [0.717, 1.165) is 10.9 Å². The minimum atomic E-state index is -3.90. The Kier molecular flexibility index (Phi) is 8.20. The molecule has 1 unspecified atom stereocenters. The van der Waals surface area contributed by atoms with Crippen LogP contribution >= 0.6 is 19.2 Å². The number of hydrogen-bond donors (Lipinski definition) is 1. The van der Waals surface area contributed by atoms with Gasteiger partial charge >= 0.3 is 7.60 Å². The van der Waals surface area contributed by atoms with Crippen LogP contribution in [0.25, 0.3) is 22.2 Å². The number of anilines is 1. The third-order valence-electron chi connectivity index (χ3n) is 7.66. The number of halogens is 2. The molecule has 4 heterocycles. The Hall–Kier alpha value is -3.30. The second-order valence-corrected chi connectivity index (χ2v) is 14.5. The quantitative estimate of drug-likeness (QED) is 0.253. The summed E-state index contributed by atoms with van der Waals surface area (Å²) in [7, 11) is -3.90. The number of pyridine rings is 2. The molecular weight excluding hydrogens is 592 g/mol. The van der Waals surface area contributed by atoms with Crippen LogP contribution in [0.5, 0.6) is 0 Å². The SMILES string of the molecule is CCOP(=O)(O)c1ccc(N2CCN(C(=O)c3ccc4c(-c5ccc(Cl)c(F)c5)cn(C(C)(C)C)c4n3)C(C)(C)C2)nc1. The topological polar surface area (TPSA) is 101 Å². The van der Waals surface area contributed by atoms with Crippen LogP contribution < -0.4 is 10.2 Å². The zero-order valence-electron chi connectivity index (χ0n) is 25.1. The molecule has 4 aromatic rings. The van der Waals surface area contributed by atoms with Crippen LogP contribution in [0.4, 0.5) is 10.2 Å². The van der Waals surface area contributed by atoms with E-state index in [9.17, 15) is 18.6 Å². The number of fused-ring (bicyclic) bond motifs is 1. The molecule has 3 aromatic heterocycles. The van der Waals surface area contributed by atoms with E-state index < -0.39 is 19.0 Å². The second-order valence-electron chi connectivity index (χ2n) is 12.3. The Bertz CT molecular complexity index is 1730. The molecule has 5 rings (SSSR count). The predicted octanol–water partition coefficient (Wildman–Crippen LogP) is 6.23. The normalized spacial score (nSPS) is 16.9. The molecule has 1 saturated heterocycles. The predicted molar refractivity (Wildman–Crippen MR) is 168 cm³/mol. The first-order valence-electron chi connectivity index (χ1n) is 14.1. The first kappa shape index (κ1) is 31.1. The van der Waals surface area contributed by atoms with E-state index in [-0.39, 0.29) is 28.4 Å². The van der Waals surface area contributed by atoms with Crippen LogP contribution in [0, 0.1) is 5.82 Å². The van der Waals surface area contributed by atoms with Gasteiger partial charge in [0.2, 0.25) is 0 Å². The minimum Gasteiger partial charge on any atom is -0.353 e. The van der Waals surface area contributed by atoms with E-state index in [1.54, 1.807) is 31.2 Å². The Morgan fingerprint density at radius 3 is 2.51 bits per heavy atom. The van der Waals surface area contributed by atoms with Crippen LogP contribution in [0.15, 0.2) is 54.9 Å². The van der Waals surface area contributed by atoms with Crippen molar-refractivity contribution >= 4 is 47.3 Å². The highest BCUT2D eigenvalue weighted by molar-refractivity contribution is 7.61. The second kappa shape index (κ2) is 11.3. The standard InChI is InChI=1S/C31H36ClFN5O4P/c1-7-42-43(40,41)21-9-13-27(34-17-21)36-14-15-37(31(5,6)19-36)29(39)26-12-10-22-23(20-8-11-24(32)25(33)16-20)18-38(28(22)35-26)30(2,3)4/h8-13,16-18H,7,14-15,19H2,1-6H3,(H,40,41). The molecule has 1 fully saturated rings. The molecule has 0 bridgehead atoms. The van der Waals surface area contributed by atoms with Crippen molar-refractivity contribution in [1.29, 1.82) is 0 Å². The Balaban J connectivity index is 1.42. The summed E-state index contributed by atoms with van der Waals surface area (Å²) in [6.07, 6.45) is 3.31. The van der Waals surface area contributed by atoms with E-state index >= 15 is 0 Å². The average Bonchev–Trinajstić information content (AvgIpc) is 3.33. The fraction of sp³-hybridized carbons (Fsp3) is 0.387. The zero-order valence-corrected chi connectivity index (χ0v) is 26.8. The van der Waals surface area contributed by atoms with Gasteiger partial charge in [-0.2, -0.15) is 0 Å². The van der Waals surface area contributed by atoms with E-state index in [4.69, 9.17) is 21.1 Å². The highest BCUT2D eigenvalue weighted by Crippen LogP contribution is 2.40. The first-order valence-corrected chi connectivity index (χ1v) is 16.1. The first-order chi connectivity index (χ1) is 20.1. The van der Waals surface area contributed by atoms with Crippen molar-refractivity contribution in [3.05, 3.63) is 71.4 Å². The molecular formula is C31H36ClFN5O4P. The minimum absolute atomic E-state index is 0.0578. The molecule has 43 heavy (non-hydrogen) atoms. The molecule has 0 saturated carbocycles. The largest absolute Gasteiger partial charge is 0.360 e. The molecule has 1 aliphatic rings. The Morgan fingerprint density at radius 2 is 1.91 bits per heavy atom. The highest BCUT2D eigenvalue weighted by atomic mass is 35.5. The van der Waals surface area contributed by atoms with Crippen molar-refractivity contribution in [3.63, 3.8) is 0 Å². The molecule has 9 nitrogen and oxygen atoms in total. The molecule has 1 aliphatic heterocycles. The van der Waals surface area contributed by atoms with Crippen LogP contribution in [-0.4, -0.2) is 62.0 Å². The number of benzene rings is 1. The lowest BCUT2D eigenvalue weighted by Gasteiger charge is -2.47. The average molecular weight is 628 g/mol. The summed E-state index contributed by atoms with van der Waals surface area (Å²) in [5.74, 6) is -0.0373. The number of nitrogens with zero attached hydrogens (tertiary/aromatic N) is 5. The van der Waals surface area contributed by atoms with Gasteiger partial charge in [-0.15, -0.1) is 0 Å². The fourth-order valence-electron chi connectivity index (χ4n) is 5.47. The van der Waals surface area contributed by atoms with Gasteiger partial charge in [0.25, 0.3) is 5.91 Å². The van der Waals surface area contributed by atoms with Crippen molar-refractivity contribution in [2.24, 2.45) is 0 Å². The lowest BCUT2D eigenvalue weighted by molar-refractivity contribution is 0.0508. The van der Waals surface area contributed by atoms with Gasteiger partial charge < -0.3 is 23.8 Å². The molecule has 0 aliphatic carbocycles. The van der Waals surface area contributed by atoms with Crippen molar-refractivity contribution in [3.8, 4) is 11.1 Å². The number of carbonyl (C=O) groups excluding carboxylic acids is 1. The lowest BCUT2D eigenvalue weighted by atomic mass is 9.98. The fourth-order valence-corrected chi connectivity index (χ4v) is 6.56. The van der Waals surface area contributed by atoms with Gasteiger partial charge in [0.15, 0.2) is 0 Å². The lowest BCUT2D eigenvalue weighted by Crippen LogP contribution is -2.61. The van der Waals surface area contributed by atoms with E-state index in [1.807, 2.05) is 56.3 Å². The molecule has 1 N–H and O–H groups in total. The van der Waals surface area contributed by atoms with E-state index in [0.29, 0.717) is 42.4 Å². The molecule has 228 valence electrons. The molecule has 1 atom stereocenters. The number of amides is 1. The monoisotopic (exact) mass is 627 g/mol. The van der Waals surface area contributed by atoms with Crippen LogP contribution in [0.1, 0.15) is 52.0 Å². The Labute approximate surface area is 255 Å². The molecule has 12 heteroatoms. The summed E-state index contributed by atoms with van der Waals surface area (Å²) in [6.45, 7) is 13.4. The third-order valence-corrected chi connectivity index (χ3v) is 9.49. The molecule has 0 radical (unpaired) electrons. The van der Waals surface area contributed by atoms with E-state index in [1.165, 1.54) is 18.3 Å². The van der Waals surface area contributed by atoms with Crippen molar-refractivity contribution in [1.82, 2.24) is 19.4 Å². The molecule has 0 spiro atoms. The van der Waals surface area contributed by atoms with Crippen LogP contribution in [0.3, 0.4) is 0 Å².